The highest BCUT2D eigenvalue weighted by Crippen LogP contribution is 2.18. The SMILES string of the molecule is O=C(O)CCCC(CCCCCc1ccccc1)C(=O)O. The molecule has 116 valence electrons. The molecule has 0 saturated heterocycles. The average Bonchev–Trinajstić information content (AvgIpc) is 2.45. The Kier molecular flexibility index (Phi) is 8.17. The fourth-order valence-corrected chi connectivity index (χ4v) is 2.43. The van der Waals surface area contributed by atoms with Crippen LogP contribution >= 0.6 is 0 Å². The molecule has 0 radical (unpaired) electrons. The van der Waals surface area contributed by atoms with E-state index in [-0.39, 0.29) is 6.42 Å². The zero-order valence-corrected chi connectivity index (χ0v) is 12.3. The Bertz CT molecular complexity index is 428. The molecule has 4 heteroatoms. The minimum absolute atomic E-state index is 0.0534. The van der Waals surface area contributed by atoms with E-state index in [2.05, 4.69) is 12.1 Å². The smallest absolute Gasteiger partial charge is 0.306 e. The normalized spacial score (nSPS) is 12.0. The molecule has 1 unspecified atom stereocenters. The van der Waals surface area contributed by atoms with Crippen LogP contribution in [0, 0.1) is 5.92 Å². The van der Waals surface area contributed by atoms with Crippen LogP contribution in [0.25, 0.3) is 0 Å². The summed E-state index contributed by atoms with van der Waals surface area (Å²) >= 11 is 0. The van der Waals surface area contributed by atoms with Gasteiger partial charge in [0, 0.05) is 6.42 Å². The molecule has 2 N–H and O–H groups in total. The van der Waals surface area contributed by atoms with Crippen molar-refractivity contribution >= 4 is 11.9 Å². The van der Waals surface area contributed by atoms with Gasteiger partial charge in [-0.1, -0.05) is 43.2 Å². The number of carboxylic acid groups (broad SMARTS) is 2. The Morgan fingerprint density at radius 3 is 2.19 bits per heavy atom. The first-order valence-electron chi connectivity index (χ1n) is 7.58. The largest absolute Gasteiger partial charge is 0.481 e. The van der Waals surface area contributed by atoms with Gasteiger partial charge in [0.1, 0.15) is 0 Å². The van der Waals surface area contributed by atoms with Gasteiger partial charge in [-0.05, 0) is 37.7 Å². The lowest BCUT2D eigenvalue weighted by Crippen LogP contribution is -2.14. The maximum Gasteiger partial charge on any atom is 0.306 e. The van der Waals surface area contributed by atoms with Crippen molar-refractivity contribution in [3.8, 4) is 0 Å². The summed E-state index contributed by atoms with van der Waals surface area (Å²) in [6, 6.07) is 10.3. The molecular weight excluding hydrogens is 268 g/mol. The van der Waals surface area contributed by atoms with Crippen molar-refractivity contribution < 1.29 is 19.8 Å². The van der Waals surface area contributed by atoms with Gasteiger partial charge < -0.3 is 10.2 Å². The lowest BCUT2D eigenvalue weighted by Gasteiger charge is -2.11. The third-order valence-corrected chi connectivity index (χ3v) is 3.65. The Balaban J connectivity index is 2.15. The number of carbonyl (C=O) groups is 2. The zero-order chi connectivity index (χ0) is 15.5. The van der Waals surface area contributed by atoms with Crippen molar-refractivity contribution in [2.75, 3.05) is 0 Å². The maximum atomic E-state index is 11.1. The van der Waals surface area contributed by atoms with Gasteiger partial charge in [0.05, 0.1) is 5.92 Å². The highest BCUT2D eigenvalue weighted by atomic mass is 16.4. The molecule has 0 fully saturated rings. The van der Waals surface area contributed by atoms with Gasteiger partial charge in [-0.25, -0.2) is 0 Å². The third kappa shape index (κ3) is 8.12. The van der Waals surface area contributed by atoms with Crippen molar-refractivity contribution in [2.24, 2.45) is 5.92 Å². The Morgan fingerprint density at radius 2 is 1.57 bits per heavy atom. The Morgan fingerprint density at radius 1 is 0.905 bits per heavy atom. The second-order valence-electron chi connectivity index (χ2n) is 5.41. The maximum absolute atomic E-state index is 11.1. The van der Waals surface area contributed by atoms with E-state index in [1.54, 1.807) is 0 Å². The molecule has 0 saturated carbocycles. The van der Waals surface area contributed by atoms with Crippen molar-refractivity contribution in [3.05, 3.63) is 35.9 Å². The number of benzene rings is 1. The van der Waals surface area contributed by atoms with Gasteiger partial charge in [-0.15, -0.1) is 0 Å². The van der Waals surface area contributed by atoms with E-state index >= 15 is 0 Å². The molecule has 21 heavy (non-hydrogen) atoms. The van der Waals surface area contributed by atoms with Crippen LogP contribution in [0.5, 0.6) is 0 Å². The molecule has 1 rings (SSSR count). The first kappa shape index (κ1) is 17.2. The Hall–Kier alpha value is -1.84. The summed E-state index contributed by atoms with van der Waals surface area (Å²) in [6.07, 6.45) is 5.58. The van der Waals surface area contributed by atoms with Crippen LogP contribution in [0.1, 0.15) is 50.5 Å². The van der Waals surface area contributed by atoms with E-state index in [1.165, 1.54) is 5.56 Å². The van der Waals surface area contributed by atoms with Crippen LogP contribution in [-0.2, 0) is 16.0 Å². The van der Waals surface area contributed by atoms with Gasteiger partial charge >= 0.3 is 11.9 Å². The number of hydrogen-bond donors (Lipinski definition) is 2. The van der Waals surface area contributed by atoms with Gasteiger partial charge in [-0.3, -0.25) is 9.59 Å². The molecule has 0 spiro atoms. The summed E-state index contributed by atoms with van der Waals surface area (Å²) < 4.78 is 0. The van der Waals surface area contributed by atoms with Crippen LogP contribution in [-0.4, -0.2) is 22.2 Å². The van der Waals surface area contributed by atoms with Gasteiger partial charge in [0.2, 0.25) is 0 Å². The number of hydrogen-bond acceptors (Lipinski definition) is 2. The van der Waals surface area contributed by atoms with Crippen molar-refractivity contribution in [3.63, 3.8) is 0 Å². The number of aliphatic carboxylic acids is 2. The first-order chi connectivity index (χ1) is 10.1. The predicted molar refractivity (Wildman–Crippen MR) is 81.2 cm³/mol. The second kappa shape index (κ2) is 9.97. The second-order valence-corrected chi connectivity index (χ2v) is 5.41. The van der Waals surface area contributed by atoms with Gasteiger partial charge in [0.15, 0.2) is 0 Å². The van der Waals surface area contributed by atoms with E-state index < -0.39 is 17.9 Å². The molecule has 0 amide bonds. The molecule has 4 nitrogen and oxygen atoms in total. The molecule has 0 heterocycles. The topological polar surface area (TPSA) is 74.6 Å². The fourth-order valence-electron chi connectivity index (χ4n) is 2.43. The van der Waals surface area contributed by atoms with Crippen LogP contribution in [0.15, 0.2) is 30.3 Å². The minimum Gasteiger partial charge on any atom is -0.481 e. The minimum atomic E-state index is -0.859. The van der Waals surface area contributed by atoms with Crippen molar-refractivity contribution in [1.29, 1.82) is 0 Å². The quantitative estimate of drug-likeness (QED) is 0.609. The molecule has 0 bridgehead atoms. The van der Waals surface area contributed by atoms with Gasteiger partial charge in [-0.2, -0.15) is 0 Å². The monoisotopic (exact) mass is 292 g/mol. The van der Waals surface area contributed by atoms with Crippen molar-refractivity contribution in [2.45, 2.75) is 51.4 Å². The number of unbranched alkanes of at least 4 members (excludes halogenated alkanes) is 2. The molecule has 1 aromatic carbocycles. The summed E-state index contributed by atoms with van der Waals surface area (Å²) in [5.74, 6) is -2.06. The van der Waals surface area contributed by atoms with E-state index in [9.17, 15) is 9.59 Å². The summed E-state index contributed by atoms with van der Waals surface area (Å²) in [4.78, 5) is 21.6. The highest BCUT2D eigenvalue weighted by Gasteiger charge is 2.16. The molecule has 1 aromatic rings. The lowest BCUT2D eigenvalue weighted by atomic mass is 9.95. The van der Waals surface area contributed by atoms with Gasteiger partial charge in [0.25, 0.3) is 0 Å². The number of carboxylic acids is 2. The van der Waals surface area contributed by atoms with E-state index in [1.807, 2.05) is 18.2 Å². The highest BCUT2D eigenvalue weighted by molar-refractivity contribution is 5.70. The van der Waals surface area contributed by atoms with Crippen LogP contribution < -0.4 is 0 Å². The van der Waals surface area contributed by atoms with E-state index in [4.69, 9.17) is 10.2 Å². The first-order valence-corrected chi connectivity index (χ1v) is 7.58. The summed E-state index contributed by atoms with van der Waals surface area (Å²) in [5.41, 5.74) is 1.31. The van der Waals surface area contributed by atoms with Crippen LogP contribution in [0.4, 0.5) is 0 Å². The lowest BCUT2D eigenvalue weighted by molar-refractivity contribution is -0.143. The van der Waals surface area contributed by atoms with Crippen LogP contribution in [0.2, 0.25) is 0 Å². The number of rotatable bonds is 11. The molecule has 0 aliphatic heterocycles. The van der Waals surface area contributed by atoms with E-state index in [0.29, 0.717) is 19.3 Å². The molecule has 1 atom stereocenters. The van der Waals surface area contributed by atoms with Crippen molar-refractivity contribution in [1.82, 2.24) is 0 Å². The molecular formula is C17H24O4. The molecule has 0 aromatic heterocycles. The Labute approximate surface area is 125 Å². The number of aryl methyl sites for hydroxylation is 1. The van der Waals surface area contributed by atoms with E-state index in [0.717, 1.165) is 25.7 Å². The third-order valence-electron chi connectivity index (χ3n) is 3.65. The average molecular weight is 292 g/mol. The molecule has 0 aliphatic carbocycles. The fraction of sp³-hybridized carbons (Fsp3) is 0.529. The summed E-state index contributed by atoms with van der Waals surface area (Å²) in [5, 5.41) is 17.7. The summed E-state index contributed by atoms with van der Waals surface area (Å²) in [6.45, 7) is 0. The van der Waals surface area contributed by atoms with Crippen LogP contribution in [0.3, 0.4) is 0 Å². The predicted octanol–water partition coefficient (Wildman–Crippen LogP) is 3.75. The molecule has 0 aliphatic rings. The standard InChI is InChI=1S/C17H24O4/c18-16(19)13-7-12-15(17(20)21)11-6-2-5-10-14-8-3-1-4-9-14/h1,3-4,8-9,15H,2,5-7,10-13H2,(H,18,19)(H,20,21). The zero-order valence-electron chi connectivity index (χ0n) is 12.3. The summed E-state index contributed by atoms with van der Waals surface area (Å²) in [7, 11) is 0.